The van der Waals surface area contributed by atoms with Gasteiger partial charge in [0.15, 0.2) is 0 Å². The van der Waals surface area contributed by atoms with Crippen molar-refractivity contribution in [3.63, 3.8) is 0 Å². The molecule has 0 fully saturated rings. The molecule has 0 unspecified atom stereocenters. The van der Waals surface area contributed by atoms with E-state index in [9.17, 15) is 0 Å². The van der Waals surface area contributed by atoms with Crippen LogP contribution in [0.25, 0.3) is 0 Å². The molecule has 0 spiro atoms. The van der Waals surface area contributed by atoms with Crippen molar-refractivity contribution in [1.82, 2.24) is 5.32 Å². The summed E-state index contributed by atoms with van der Waals surface area (Å²) in [5.41, 5.74) is 4.15. The van der Waals surface area contributed by atoms with Gasteiger partial charge in [0.05, 0.1) is 6.54 Å². The van der Waals surface area contributed by atoms with E-state index < -0.39 is 0 Å². The van der Waals surface area contributed by atoms with Gasteiger partial charge in [-0.2, -0.15) is 0 Å². The summed E-state index contributed by atoms with van der Waals surface area (Å²) in [4.78, 5) is 2.47. The van der Waals surface area contributed by atoms with Crippen LogP contribution in [0.5, 0.6) is 0 Å². The molecule has 0 aliphatic carbocycles. The molecule has 0 bridgehead atoms. The third-order valence-corrected chi connectivity index (χ3v) is 3.99. The number of rotatable bonds is 4. The second kappa shape index (κ2) is 5.71. The fraction of sp³-hybridized carbons (Fsp3) is 0.412. The van der Waals surface area contributed by atoms with Crippen LogP contribution < -0.4 is 10.2 Å². The van der Waals surface area contributed by atoms with E-state index in [-0.39, 0.29) is 0 Å². The van der Waals surface area contributed by atoms with Gasteiger partial charge in [0.2, 0.25) is 0 Å². The molecule has 106 valence electrons. The fourth-order valence-electron chi connectivity index (χ4n) is 2.99. The van der Waals surface area contributed by atoms with Crippen LogP contribution >= 0.6 is 0 Å². The van der Waals surface area contributed by atoms with E-state index in [2.05, 4.69) is 47.5 Å². The molecule has 20 heavy (non-hydrogen) atoms. The number of fused-ring (bicyclic) bond motifs is 1. The first-order valence-corrected chi connectivity index (χ1v) is 7.33. The summed E-state index contributed by atoms with van der Waals surface area (Å²) >= 11 is 0. The van der Waals surface area contributed by atoms with Crippen LogP contribution in [0, 0.1) is 6.92 Å². The number of anilines is 1. The molecule has 3 nitrogen and oxygen atoms in total. The lowest BCUT2D eigenvalue weighted by Gasteiger charge is -2.31. The van der Waals surface area contributed by atoms with Gasteiger partial charge in [-0.1, -0.05) is 18.2 Å². The second-order valence-electron chi connectivity index (χ2n) is 5.48. The van der Waals surface area contributed by atoms with Crippen LogP contribution in [0.2, 0.25) is 0 Å². The highest BCUT2D eigenvalue weighted by Gasteiger charge is 2.18. The summed E-state index contributed by atoms with van der Waals surface area (Å²) < 4.78 is 5.80. The summed E-state index contributed by atoms with van der Waals surface area (Å²) in [6.07, 6.45) is 2.43. The SMILES string of the molecule is CNCc1cc(CN2CCCc3ccccc32)c(C)o1. The minimum absolute atomic E-state index is 0.789. The molecule has 3 heteroatoms. The summed E-state index contributed by atoms with van der Waals surface area (Å²) in [5.74, 6) is 2.06. The average molecular weight is 270 g/mol. The summed E-state index contributed by atoms with van der Waals surface area (Å²) in [6, 6.07) is 10.9. The minimum atomic E-state index is 0.789. The minimum Gasteiger partial charge on any atom is -0.465 e. The molecule has 0 saturated heterocycles. The summed E-state index contributed by atoms with van der Waals surface area (Å²) in [6.45, 7) is 4.92. The number of nitrogens with zero attached hydrogens (tertiary/aromatic N) is 1. The molecule has 0 atom stereocenters. The molecular formula is C17H22N2O. The Labute approximate surface area is 120 Å². The first kappa shape index (κ1) is 13.3. The molecule has 1 aliphatic rings. The molecule has 1 aromatic heterocycles. The normalized spacial score (nSPS) is 14.4. The van der Waals surface area contributed by atoms with Crippen molar-refractivity contribution in [3.05, 3.63) is 53.0 Å². The Morgan fingerprint density at radius 1 is 1.30 bits per heavy atom. The maximum atomic E-state index is 5.80. The Hall–Kier alpha value is -1.74. The molecule has 1 aromatic carbocycles. The standard InChI is InChI=1S/C17H22N2O/c1-13-15(10-16(20-13)11-18-2)12-19-9-5-7-14-6-3-4-8-17(14)19/h3-4,6,8,10,18H,5,7,9,11-12H2,1-2H3. The van der Waals surface area contributed by atoms with Crippen LogP contribution in [-0.2, 0) is 19.5 Å². The van der Waals surface area contributed by atoms with Gasteiger partial charge in [0, 0.05) is 24.3 Å². The Kier molecular flexibility index (Phi) is 3.79. The lowest BCUT2D eigenvalue weighted by atomic mass is 10.0. The smallest absolute Gasteiger partial charge is 0.118 e. The van der Waals surface area contributed by atoms with Crippen LogP contribution in [0.1, 0.15) is 29.1 Å². The zero-order valence-corrected chi connectivity index (χ0v) is 12.3. The Bertz CT molecular complexity index is 588. The molecule has 3 rings (SSSR count). The van der Waals surface area contributed by atoms with Gasteiger partial charge >= 0.3 is 0 Å². The van der Waals surface area contributed by atoms with Crippen molar-refractivity contribution in [2.45, 2.75) is 32.9 Å². The lowest BCUT2D eigenvalue weighted by molar-refractivity contribution is 0.468. The lowest BCUT2D eigenvalue weighted by Crippen LogP contribution is -2.28. The maximum absolute atomic E-state index is 5.80. The van der Waals surface area contributed by atoms with Gasteiger partial charge in [0.25, 0.3) is 0 Å². The van der Waals surface area contributed by atoms with Gasteiger partial charge < -0.3 is 14.6 Å². The van der Waals surface area contributed by atoms with Crippen molar-refractivity contribution in [2.75, 3.05) is 18.5 Å². The van der Waals surface area contributed by atoms with Crippen LogP contribution in [-0.4, -0.2) is 13.6 Å². The number of hydrogen-bond donors (Lipinski definition) is 1. The van der Waals surface area contributed by atoms with Gasteiger partial charge in [0.1, 0.15) is 11.5 Å². The monoisotopic (exact) mass is 270 g/mol. The largest absolute Gasteiger partial charge is 0.465 e. The van der Waals surface area contributed by atoms with E-state index in [0.29, 0.717) is 0 Å². The molecule has 2 aromatic rings. The Morgan fingerprint density at radius 2 is 2.15 bits per heavy atom. The molecule has 1 aliphatic heterocycles. The molecule has 0 radical (unpaired) electrons. The number of hydrogen-bond acceptors (Lipinski definition) is 3. The average Bonchev–Trinajstić information content (AvgIpc) is 2.80. The fourth-order valence-corrected chi connectivity index (χ4v) is 2.99. The quantitative estimate of drug-likeness (QED) is 0.924. The van der Waals surface area contributed by atoms with Crippen molar-refractivity contribution < 1.29 is 4.42 Å². The van der Waals surface area contributed by atoms with E-state index in [1.54, 1.807) is 0 Å². The Morgan fingerprint density at radius 3 is 3.00 bits per heavy atom. The highest BCUT2D eigenvalue weighted by Crippen LogP contribution is 2.29. The number of furan rings is 1. The molecule has 0 saturated carbocycles. The van der Waals surface area contributed by atoms with Gasteiger partial charge in [-0.3, -0.25) is 0 Å². The van der Waals surface area contributed by atoms with Crippen molar-refractivity contribution in [2.24, 2.45) is 0 Å². The number of nitrogens with one attached hydrogen (secondary N) is 1. The first-order chi connectivity index (χ1) is 9.78. The van der Waals surface area contributed by atoms with Crippen LogP contribution in [0.4, 0.5) is 5.69 Å². The maximum Gasteiger partial charge on any atom is 0.118 e. The number of para-hydroxylation sites is 1. The second-order valence-corrected chi connectivity index (χ2v) is 5.48. The molecular weight excluding hydrogens is 248 g/mol. The molecule has 2 heterocycles. The summed E-state index contributed by atoms with van der Waals surface area (Å²) in [5, 5.41) is 3.14. The third kappa shape index (κ3) is 2.59. The van der Waals surface area contributed by atoms with Gasteiger partial charge in [-0.15, -0.1) is 0 Å². The predicted molar refractivity (Wildman–Crippen MR) is 82.0 cm³/mol. The topological polar surface area (TPSA) is 28.4 Å². The van der Waals surface area contributed by atoms with E-state index in [4.69, 9.17) is 4.42 Å². The van der Waals surface area contributed by atoms with Crippen LogP contribution in [0.15, 0.2) is 34.7 Å². The Balaban J connectivity index is 1.82. The van der Waals surface area contributed by atoms with Crippen LogP contribution in [0.3, 0.4) is 0 Å². The zero-order valence-electron chi connectivity index (χ0n) is 12.3. The van der Waals surface area contributed by atoms with Crippen molar-refractivity contribution in [3.8, 4) is 0 Å². The highest BCUT2D eigenvalue weighted by molar-refractivity contribution is 5.55. The number of aryl methyl sites for hydroxylation is 2. The summed E-state index contributed by atoms with van der Waals surface area (Å²) in [7, 11) is 1.94. The highest BCUT2D eigenvalue weighted by atomic mass is 16.3. The van der Waals surface area contributed by atoms with E-state index in [0.717, 1.165) is 31.2 Å². The van der Waals surface area contributed by atoms with Crippen molar-refractivity contribution in [1.29, 1.82) is 0 Å². The number of benzene rings is 1. The van der Waals surface area contributed by atoms with Crippen molar-refractivity contribution >= 4 is 5.69 Å². The molecule has 0 amide bonds. The predicted octanol–water partition coefficient (Wildman–Crippen LogP) is 3.26. The van der Waals surface area contributed by atoms with E-state index in [1.807, 2.05) is 7.05 Å². The molecule has 1 N–H and O–H groups in total. The van der Waals surface area contributed by atoms with Gasteiger partial charge in [-0.25, -0.2) is 0 Å². The third-order valence-electron chi connectivity index (χ3n) is 3.99. The zero-order chi connectivity index (χ0) is 13.9. The van der Waals surface area contributed by atoms with Gasteiger partial charge in [-0.05, 0) is 44.5 Å². The van der Waals surface area contributed by atoms with E-state index in [1.165, 1.54) is 29.7 Å². The first-order valence-electron chi connectivity index (χ1n) is 7.33. The van der Waals surface area contributed by atoms with E-state index >= 15 is 0 Å².